The minimum atomic E-state index is -0.335. The molecule has 0 amide bonds. The van der Waals surface area contributed by atoms with Crippen molar-refractivity contribution in [2.75, 3.05) is 6.61 Å². The van der Waals surface area contributed by atoms with Crippen LogP contribution in [-0.2, 0) is 5.41 Å². The van der Waals surface area contributed by atoms with Gasteiger partial charge in [-0.05, 0) is 29.3 Å². The molecule has 0 bridgehead atoms. The molecule has 21 heavy (non-hydrogen) atoms. The Morgan fingerprint density at radius 2 is 1.90 bits per heavy atom. The first-order valence-corrected chi connectivity index (χ1v) is 7.94. The molecule has 0 N–H and O–H groups in total. The number of hydrogen-bond acceptors (Lipinski definition) is 1. The van der Waals surface area contributed by atoms with E-state index in [4.69, 9.17) is 39.5 Å². The first kappa shape index (κ1) is 15.0. The summed E-state index contributed by atoms with van der Waals surface area (Å²) in [5.41, 5.74) is 3.00. The van der Waals surface area contributed by atoms with Crippen molar-refractivity contribution in [2.45, 2.75) is 24.6 Å². The van der Waals surface area contributed by atoms with Crippen LogP contribution in [0, 0.1) is 0 Å². The van der Waals surface area contributed by atoms with Gasteiger partial charge < -0.3 is 4.74 Å². The van der Waals surface area contributed by atoms with Crippen LogP contribution in [-0.4, -0.2) is 6.61 Å². The van der Waals surface area contributed by atoms with Crippen molar-refractivity contribution < 1.29 is 4.74 Å². The fourth-order valence-electron chi connectivity index (χ4n) is 2.59. The number of benzene rings is 2. The summed E-state index contributed by atoms with van der Waals surface area (Å²) in [4.78, 5) is 0. The highest BCUT2D eigenvalue weighted by Crippen LogP contribution is 2.43. The summed E-state index contributed by atoms with van der Waals surface area (Å²) in [6, 6.07) is 11.6. The second-order valence-electron chi connectivity index (χ2n) is 5.93. The molecular weight excluding hydrogens is 327 g/mol. The molecule has 110 valence electrons. The van der Waals surface area contributed by atoms with Crippen molar-refractivity contribution in [3.8, 4) is 5.75 Å². The number of ether oxygens (including phenoxy) is 1. The molecule has 0 aliphatic carbocycles. The maximum absolute atomic E-state index is 6.62. The average molecular weight is 342 g/mol. The molecule has 1 aliphatic rings. The lowest BCUT2D eigenvalue weighted by molar-refractivity contribution is 0.291. The highest BCUT2D eigenvalue weighted by molar-refractivity contribution is 6.43. The van der Waals surface area contributed by atoms with Gasteiger partial charge in [-0.3, -0.25) is 0 Å². The predicted octanol–water partition coefficient (Wildman–Crippen LogP) is 5.99. The van der Waals surface area contributed by atoms with Crippen LogP contribution >= 0.6 is 34.8 Å². The molecule has 0 spiro atoms. The van der Waals surface area contributed by atoms with E-state index in [0.717, 1.165) is 16.9 Å². The normalized spacial score (nSPS) is 17.2. The van der Waals surface area contributed by atoms with Crippen molar-refractivity contribution in [1.82, 2.24) is 0 Å². The van der Waals surface area contributed by atoms with Gasteiger partial charge in [0.1, 0.15) is 5.75 Å². The van der Waals surface area contributed by atoms with Crippen LogP contribution in [0.4, 0.5) is 0 Å². The van der Waals surface area contributed by atoms with Crippen LogP contribution < -0.4 is 4.74 Å². The third-order valence-electron chi connectivity index (χ3n) is 3.87. The Kier molecular flexibility index (Phi) is 3.85. The summed E-state index contributed by atoms with van der Waals surface area (Å²) >= 11 is 19.0. The van der Waals surface area contributed by atoms with Gasteiger partial charge in [0.25, 0.3) is 0 Å². The summed E-state index contributed by atoms with van der Waals surface area (Å²) in [6.07, 6.45) is 0. The lowest BCUT2D eigenvalue weighted by atomic mass is 9.85. The van der Waals surface area contributed by atoms with Crippen LogP contribution in [0.15, 0.2) is 36.4 Å². The van der Waals surface area contributed by atoms with Crippen molar-refractivity contribution in [3.05, 3.63) is 63.1 Å². The van der Waals surface area contributed by atoms with Gasteiger partial charge in [-0.15, -0.1) is 11.6 Å². The Morgan fingerprint density at radius 3 is 2.67 bits per heavy atom. The highest BCUT2D eigenvalue weighted by Gasteiger charge is 2.32. The summed E-state index contributed by atoms with van der Waals surface area (Å²) in [5, 5.41) is 0.692. The summed E-state index contributed by atoms with van der Waals surface area (Å²) in [7, 11) is 0. The van der Waals surface area contributed by atoms with Gasteiger partial charge in [-0.25, -0.2) is 0 Å². The van der Waals surface area contributed by atoms with Gasteiger partial charge >= 0.3 is 0 Å². The summed E-state index contributed by atoms with van der Waals surface area (Å²) in [5.74, 6) is 0.935. The van der Waals surface area contributed by atoms with Gasteiger partial charge in [0.05, 0.1) is 22.0 Å². The zero-order chi connectivity index (χ0) is 15.2. The lowest BCUT2D eigenvalue weighted by Crippen LogP contribution is -2.18. The maximum atomic E-state index is 6.62. The highest BCUT2D eigenvalue weighted by atomic mass is 35.5. The summed E-state index contributed by atoms with van der Waals surface area (Å²) < 4.78 is 5.71. The quantitative estimate of drug-likeness (QED) is 0.609. The van der Waals surface area contributed by atoms with Gasteiger partial charge in [-0.1, -0.05) is 55.2 Å². The van der Waals surface area contributed by atoms with Crippen LogP contribution in [0.2, 0.25) is 10.0 Å². The van der Waals surface area contributed by atoms with E-state index in [9.17, 15) is 0 Å². The van der Waals surface area contributed by atoms with E-state index < -0.39 is 0 Å². The van der Waals surface area contributed by atoms with Crippen molar-refractivity contribution in [1.29, 1.82) is 0 Å². The zero-order valence-electron chi connectivity index (χ0n) is 11.8. The third kappa shape index (κ3) is 2.63. The second-order valence-corrected chi connectivity index (χ2v) is 7.16. The van der Waals surface area contributed by atoms with E-state index in [1.165, 1.54) is 5.56 Å². The molecule has 1 atom stereocenters. The van der Waals surface area contributed by atoms with Gasteiger partial charge in [0.2, 0.25) is 0 Å². The van der Waals surface area contributed by atoms with Crippen LogP contribution in [0.1, 0.15) is 35.9 Å². The molecule has 0 saturated carbocycles. The molecule has 4 heteroatoms. The molecule has 0 fully saturated rings. The molecule has 1 aliphatic heterocycles. The standard InChI is InChI=1S/C17H15Cl3O/c1-17(2)9-21-14-7-6-10(8-12(14)17)15(19)11-4-3-5-13(18)16(11)20/h3-8,15H,9H2,1-2H3. The van der Waals surface area contributed by atoms with Gasteiger partial charge in [-0.2, -0.15) is 0 Å². The molecule has 0 saturated heterocycles. The SMILES string of the molecule is CC1(C)COc2ccc(C(Cl)c3cccc(Cl)c3Cl)cc21. The molecular formula is C17H15Cl3O. The van der Waals surface area contributed by atoms with E-state index in [0.29, 0.717) is 16.7 Å². The number of fused-ring (bicyclic) bond motifs is 1. The first-order chi connectivity index (χ1) is 9.90. The fraction of sp³-hybridized carbons (Fsp3) is 0.294. The fourth-order valence-corrected chi connectivity index (χ4v) is 3.38. The molecule has 3 rings (SSSR count). The Bertz CT molecular complexity index is 694. The number of rotatable bonds is 2. The van der Waals surface area contributed by atoms with Gasteiger partial charge in [0, 0.05) is 11.0 Å². The van der Waals surface area contributed by atoms with Crippen molar-refractivity contribution in [3.63, 3.8) is 0 Å². The largest absolute Gasteiger partial charge is 0.492 e. The molecule has 0 aromatic heterocycles. The van der Waals surface area contributed by atoms with E-state index in [1.54, 1.807) is 6.07 Å². The van der Waals surface area contributed by atoms with Crippen molar-refractivity contribution in [2.24, 2.45) is 0 Å². The van der Waals surface area contributed by atoms with Crippen LogP contribution in [0.5, 0.6) is 5.75 Å². The lowest BCUT2D eigenvalue weighted by Gasteiger charge is -2.18. The van der Waals surface area contributed by atoms with E-state index in [2.05, 4.69) is 19.9 Å². The zero-order valence-corrected chi connectivity index (χ0v) is 14.1. The van der Waals surface area contributed by atoms with Gasteiger partial charge in [0.15, 0.2) is 0 Å². The molecule has 0 radical (unpaired) electrons. The van der Waals surface area contributed by atoms with E-state index >= 15 is 0 Å². The minimum absolute atomic E-state index is 0.0000792. The Hall–Kier alpha value is -0.890. The summed E-state index contributed by atoms with van der Waals surface area (Å²) in [6.45, 7) is 5.02. The minimum Gasteiger partial charge on any atom is -0.492 e. The molecule has 1 nitrogen and oxygen atoms in total. The number of halogens is 3. The van der Waals surface area contributed by atoms with E-state index in [-0.39, 0.29) is 10.8 Å². The maximum Gasteiger partial charge on any atom is 0.123 e. The predicted molar refractivity (Wildman–Crippen MR) is 89.1 cm³/mol. The Labute approximate surface area is 139 Å². The monoisotopic (exact) mass is 340 g/mol. The third-order valence-corrected chi connectivity index (χ3v) is 5.19. The number of alkyl halides is 1. The molecule has 1 heterocycles. The Morgan fingerprint density at radius 1 is 1.14 bits per heavy atom. The topological polar surface area (TPSA) is 9.23 Å². The van der Waals surface area contributed by atoms with Crippen LogP contribution in [0.3, 0.4) is 0 Å². The average Bonchev–Trinajstić information content (AvgIpc) is 2.76. The smallest absolute Gasteiger partial charge is 0.123 e. The first-order valence-electron chi connectivity index (χ1n) is 6.75. The van der Waals surface area contributed by atoms with E-state index in [1.807, 2.05) is 24.3 Å². The van der Waals surface area contributed by atoms with Crippen LogP contribution in [0.25, 0.3) is 0 Å². The van der Waals surface area contributed by atoms with Crippen molar-refractivity contribution >= 4 is 34.8 Å². The molecule has 2 aromatic rings. The molecule has 2 aromatic carbocycles. The molecule has 1 unspecified atom stereocenters. The second kappa shape index (κ2) is 5.39. The number of hydrogen-bond donors (Lipinski definition) is 0. The Balaban J connectivity index is 2.03.